The molecule has 4 aliphatic rings. The number of benzene rings is 5. The summed E-state index contributed by atoms with van der Waals surface area (Å²) in [7, 11) is 0. The molecule has 0 bridgehead atoms. The van der Waals surface area contributed by atoms with Crippen LogP contribution in [0.15, 0.2) is 157 Å². The summed E-state index contributed by atoms with van der Waals surface area (Å²) in [6.45, 7) is 11.0. The maximum absolute atomic E-state index is 10.6. The van der Waals surface area contributed by atoms with Crippen LogP contribution in [0.25, 0.3) is 10.4 Å². The number of ether oxygens (including phenoxy) is 11. The summed E-state index contributed by atoms with van der Waals surface area (Å²) in [5, 5.41) is 15.0. The largest absolute Gasteiger partial charge is 0.394 e. The van der Waals surface area contributed by atoms with Crippen molar-refractivity contribution in [3.05, 3.63) is 190 Å². The van der Waals surface area contributed by atoms with Crippen molar-refractivity contribution >= 4 is 0 Å². The van der Waals surface area contributed by atoms with E-state index in [1.165, 1.54) is 0 Å². The zero-order chi connectivity index (χ0) is 51.4. The summed E-state index contributed by atoms with van der Waals surface area (Å²) >= 11 is 0. The fourth-order valence-electron chi connectivity index (χ4n) is 10.6. The Hall–Kier alpha value is -5.07. The second kappa shape index (κ2) is 25.6. The van der Waals surface area contributed by atoms with Crippen LogP contribution in [-0.4, -0.2) is 104 Å². The molecule has 3 heterocycles. The average molecular weight is 1010 g/mol. The maximum atomic E-state index is 10.6. The molecule has 3 aliphatic heterocycles. The van der Waals surface area contributed by atoms with Crippen LogP contribution < -0.4 is 0 Å². The van der Waals surface area contributed by atoms with Crippen LogP contribution in [0.1, 0.15) is 62.4 Å². The van der Waals surface area contributed by atoms with Gasteiger partial charge in [-0.1, -0.05) is 178 Å². The summed E-state index contributed by atoms with van der Waals surface area (Å²) < 4.78 is 75.8. The van der Waals surface area contributed by atoms with Gasteiger partial charge in [-0.3, -0.25) is 0 Å². The monoisotopic (exact) mass is 1010 g/mol. The summed E-state index contributed by atoms with van der Waals surface area (Å²) in [5.41, 5.74) is 15.2. The van der Waals surface area contributed by atoms with E-state index in [2.05, 4.69) is 23.9 Å². The zero-order valence-corrected chi connectivity index (χ0v) is 42.9. The summed E-state index contributed by atoms with van der Waals surface area (Å²) in [6, 6.07) is 48.7. The first-order valence-electron chi connectivity index (χ1n) is 26.0. The Labute approximate surface area is 434 Å². The van der Waals surface area contributed by atoms with Gasteiger partial charge < -0.3 is 57.2 Å². The Bertz CT molecular complexity index is 2490. The lowest BCUT2D eigenvalue weighted by atomic mass is 9.83. The lowest BCUT2D eigenvalue weighted by Crippen LogP contribution is -2.67. The predicted molar refractivity (Wildman–Crippen MR) is 275 cm³/mol. The van der Waals surface area contributed by atoms with E-state index >= 15 is 0 Å². The Balaban J connectivity index is 1.06. The SMILES string of the molecule is C[C@@H]1C(OCc2ccccc2)[C@H](O[C@H]2C(COCc3ccccc3)O[C@@H](OC3C(OCc4ccccc4)C(OCc4ccccc4)C(OCc4ccccc4)[C@@H]4OC(C)(C)O[C@@H]34)C(N=[N+]=[N-])[C@H]2C)OC(CO)[C@@H]1C. The summed E-state index contributed by atoms with van der Waals surface area (Å²) in [4.78, 5) is 3.37. The Morgan fingerprint density at radius 3 is 1.36 bits per heavy atom. The quantitative estimate of drug-likeness (QED) is 0.0396. The fourth-order valence-corrected chi connectivity index (χ4v) is 10.6. The van der Waals surface area contributed by atoms with Crippen LogP contribution in [-0.2, 0) is 85.1 Å². The van der Waals surface area contributed by atoms with Crippen molar-refractivity contribution in [3.63, 3.8) is 0 Å². The molecular weight excluding hydrogens is 943 g/mol. The lowest BCUT2D eigenvalue weighted by molar-refractivity contribution is -0.349. The topological polar surface area (TPSA) is 171 Å². The highest BCUT2D eigenvalue weighted by Gasteiger charge is 2.62. The van der Waals surface area contributed by atoms with Gasteiger partial charge in [0.15, 0.2) is 18.4 Å². The van der Waals surface area contributed by atoms with E-state index < -0.39 is 91.4 Å². The second-order valence-corrected chi connectivity index (χ2v) is 20.4. The van der Waals surface area contributed by atoms with Gasteiger partial charge in [0.1, 0.15) is 48.8 Å². The van der Waals surface area contributed by atoms with E-state index in [-0.39, 0.29) is 44.9 Å². The van der Waals surface area contributed by atoms with E-state index in [1.54, 1.807) is 0 Å². The molecule has 0 amide bonds. The minimum Gasteiger partial charge on any atom is -0.394 e. The van der Waals surface area contributed by atoms with Crippen molar-refractivity contribution < 1.29 is 57.2 Å². The number of azide groups is 1. The first-order chi connectivity index (χ1) is 36.1. The molecule has 5 aromatic carbocycles. The van der Waals surface area contributed by atoms with Crippen molar-refractivity contribution in [1.82, 2.24) is 0 Å². The highest BCUT2D eigenvalue weighted by atomic mass is 16.8. The van der Waals surface area contributed by atoms with E-state index in [9.17, 15) is 10.6 Å². The average Bonchev–Trinajstić information content (AvgIpc) is 3.76. The highest BCUT2D eigenvalue weighted by Crippen LogP contribution is 2.45. The van der Waals surface area contributed by atoms with Gasteiger partial charge in [-0.2, -0.15) is 0 Å². The molecule has 5 aromatic rings. The summed E-state index contributed by atoms with van der Waals surface area (Å²) in [5.74, 6) is -1.75. The van der Waals surface area contributed by atoms with Gasteiger partial charge in [0.25, 0.3) is 0 Å². The molecule has 3 saturated heterocycles. The van der Waals surface area contributed by atoms with E-state index in [0.717, 1.165) is 27.8 Å². The third-order valence-electron chi connectivity index (χ3n) is 14.8. The van der Waals surface area contributed by atoms with Gasteiger partial charge in [-0.25, -0.2) is 0 Å². The molecule has 16 atom stereocenters. The van der Waals surface area contributed by atoms with Crippen LogP contribution in [0.4, 0.5) is 0 Å². The molecule has 9 rings (SSSR count). The molecule has 394 valence electrons. The molecular formula is C59H71N3O12. The fraction of sp³-hybridized carbons (Fsp3) is 0.492. The normalized spacial score (nSPS) is 32.6. The number of hydrogen-bond donors (Lipinski definition) is 1. The minimum absolute atomic E-state index is 0.0497. The lowest BCUT2D eigenvalue weighted by Gasteiger charge is -2.51. The van der Waals surface area contributed by atoms with Crippen molar-refractivity contribution in [3.8, 4) is 0 Å². The molecule has 1 N–H and O–H groups in total. The van der Waals surface area contributed by atoms with Crippen LogP contribution in [0.3, 0.4) is 0 Å². The highest BCUT2D eigenvalue weighted by molar-refractivity contribution is 5.18. The number of aliphatic hydroxyl groups excluding tert-OH is 1. The molecule has 1 saturated carbocycles. The number of rotatable bonds is 22. The second-order valence-electron chi connectivity index (χ2n) is 20.4. The van der Waals surface area contributed by atoms with E-state index in [4.69, 9.17) is 52.1 Å². The molecule has 0 spiro atoms. The van der Waals surface area contributed by atoms with Crippen LogP contribution >= 0.6 is 0 Å². The third-order valence-corrected chi connectivity index (χ3v) is 14.8. The van der Waals surface area contributed by atoms with Crippen molar-refractivity contribution in [2.75, 3.05) is 13.2 Å². The smallest absolute Gasteiger partial charge is 0.184 e. The minimum atomic E-state index is -1.18. The van der Waals surface area contributed by atoms with Crippen molar-refractivity contribution in [2.45, 2.75) is 153 Å². The standard InChI is InChI=1S/C59H71N3O12/c1-38-39(2)50(65-33-42-23-13-7-14-24-42)58(69-46(38)31-63)71-49-40(3)48(61-62-60)57(70-47(49)37-64-32-41-21-11-6-12-22-41)72-54-52(67-35-44-27-17-9-18-28-44)51(66-34-43-25-15-8-16-26-43)53(55-56(54)74-59(4,5)73-55)68-36-45-29-19-10-20-30-45/h6-30,38-40,46-58,63H,31-37H2,1-5H3/t38-,39+,40-,46?,47?,48?,49-,50?,51?,52?,53?,54?,55+,56+,57+,58+/m1/s1. The molecule has 0 aromatic heterocycles. The molecule has 15 nitrogen and oxygen atoms in total. The Morgan fingerprint density at radius 2 is 0.892 bits per heavy atom. The maximum Gasteiger partial charge on any atom is 0.184 e. The zero-order valence-electron chi connectivity index (χ0n) is 42.9. The van der Waals surface area contributed by atoms with Crippen LogP contribution in [0.5, 0.6) is 0 Å². The summed E-state index contributed by atoms with van der Waals surface area (Å²) in [6.07, 6.45) is -9.44. The van der Waals surface area contributed by atoms with Crippen LogP contribution in [0, 0.1) is 17.8 Å². The number of nitrogens with zero attached hydrogens (tertiary/aromatic N) is 3. The van der Waals surface area contributed by atoms with Gasteiger partial charge in [0.2, 0.25) is 0 Å². The van der Waals surface area contributed by atoms with Gasteiger partial charge >= 0.3 is 0 Å². The van der Waals surface area contributed by atoms with Gasteiger partial charge in [0.05, 0.1) is 64.5 Å². The van der Waals surface area contributed by atoms with Crippen molar-refractivity contribution in [1.29, 1.82) is 0 Å². The van der Waals surface area contributed by atoms with Gasteiger partial charge in [-0.05, 0) is 64.9 Å². The first kappa shape index (κ1) is 53.7. The Morgan fingerprint density at radius 1 is 0.486 bits per heavy atom. The molecule has 1 aliphatic carbocycles. The first-order valence-corrected chi connectivity index (χ1v) is 26.0. The van der Waals surface area contributed by atoms with Gasteiger partial charge in [0, 0.05) is 4.91 Å². The van der Waals surface area contributed by atoms with Gasteiger partial charge in [-0.15, -0.1) is 0 Å². The molecule has 15 heteroatoms. The number of fused-ring (bicyclic) bond motifs is 1. The number of aliphatic hydroxyl groups is 1. The van der Waals surface area contributed by atoms with E-state index in [1.807, 2.05) is 172 Å². The molecule has 4 fully saturated rings. The van der Waals surface area contributed by atoms with E-state index in [0.29, 0.717) is 13.2 Å². The number of hydrogen-bond acceptors (Lipinski definition) is 13. The Kier molecular flexibility index (Phi) is 18.6. The molecule has 0 radical (unpaired) electrons. The van der Waals surface area contributed by atoms with Crippen molar-refractivity contribution in [2.24, 2.45) is 22.9 Å². The molecule has 8 unspecified atom stereocenters. The molecule has 74 heavy (non-hydrogen) atoms. The predicted octanol–water partition coefficient (Wildman–Crippen LogP) is 9.88. The third kappa shape index (κ3) is 13.3. The van der Waals surface area contributed by atoms with Crippen LogP contribution in [0.2, 0.25) is 0 Å².